The molecule has 1 aliphatic rings. The zero-order chi connectivity index (χ0) is 11.8. The van der Waals surface area contributed by atoms with E-state index < -0.39 is 0 Å². The minimum Gasteiger partial charge on any atom is -0.351 e. The lowest BCUT2D eigenvalue weighted by molar-refractivity contribution is 0.748. The molecule has 0 aromatic carbocycles. The fourth-order valence-electron chi connectivity index (χ4n) is 1.86. The van der Waals surface area contributed by atoms with E-state index in [2.05, 4.69) is 15.3 Å². The largest absolute Gasteiger partial charge is 0.351 e. The first-order valence-electron chi connectivity index (χ1n) is 5.91. The van der Waals surface area contributed by atoms with Crippen molar-refractivity contribution in [3.8, 4) is 0 Å². The normalized spacial score (nSPS) is 15.1. The van der Waals surface area contributed by atoms with Gasteiger partial charge in [0, 0.05) is 30.2 Å². The molecule has 0 bridgehead atoms. The molecule has 1 N–H and O–H groups in total. The fraction of sp³-hybridized carbons (Fsp3) is 0.417. The predicted octanol–water partition coefficient (Wildman–Crippen LogP) is 1.39. The van der Waals surface area contributed by atoms with E-state index in [1.165, 1.54) is 12.8 Å². The average Bonchev–Trinajstić information content (AvgIpc) is 3.13. The van der Waals surface area contributed by atoms with Crippen LogP contribution in [0.25, 0.3) is 11.0 Å². The van der Waals surface area contributed by atoms with E-state index in [1.807, 2.05) is 6.92 Å². The van der Waals surface area contributed by atoms with Gasteiger partial charge in [-0.1, -0.05) is 0 Å². The molecule has 3 rings (SSSR count). The summed E-state index contributed by atoms with van der Waals surface area (Å²) < 4.78 is 1.66. The van der Waals surface area contributed by atoms with Gasteiger partial charge in [0.1, 0.15) is 5.65 Å². The molecule has 17 heavy (non-hydrogen) atoms. The van der Waals surface area contributed by atoms with E-state index in [1.54, 1.807) is 22.9 Å². The predicted molar refractivity (Wildman–Crippen MR) is 66.1 cm³/mol. The van der Waals surface area contributed by atoms with Crippen LogP contribution in [0.3, 0.4) is 0 Å². The first-order valence-corrected chi connectivity index (χ1v) is 5.91. The van der Waals surface area contributed by atoms with E-state index >= 15 is 0 Å². The highest BCUT2D eigenvalue weighted by atomic mass is 16.1. The third-order valence-corrected chi connectivity index (χ3v) is 2.95. The van der Waals surface area contributed by atoms with Crippen molar-refractivity contribution in [2.45, 2.75) is 32.4 Å². The molecular formula is C12H14N4O. The Morgan fingerprint density at radius 2 is 2.29 bits per heavy atom. The highest BCUT2D eigenvalue weighted by molar-refractivity contribution is 5.75. The molecule has 0 saturated heterocycles. The maximum atomic E-state index is 11.7. The van der Waals surface area contributed by atoms with Crippen molar-refractivity contribution >= 4 is 17.0 Å². The third kappa shape index (κ3) is 1.88. The minimum atomic E-state index is -0.0175. The second-order valence-corrected chi connectivity index (χ2v) is 4.31. The summed E-state index contributed by atoms with van der Waals surface area (Å²) in [6.45, 7) is 2.56. The number of nitrogens with one attached hydrogen (secondary N) is 1. The standard InChI is InChI=1S/C12H14N4O/c1-2-16-10(17)6-3-8-7-13-12(15-11(8)16)14-9-4-5-9/h3,6-7,9H,2,4-5H2,1H3,(H,13,14,15). The van der Waals surface area contributed by atoms with Crippen molar-refractivity contribution in [1.82, 2.24) is 14.5 Å². The van der Waals surface area contributed by atoms with Crippen molar-refractivity contribution < 1.29 is 0 Å². The Bertz CT molecular complexity index is 615. The van der Waals surface area contributed by atoms with Crippen molar-refractivity contribution in [3.05, 3.63) is 28.7 Å². The maximum absolute atomic E-state index is 11.7. The van der Waals surface area contributed by atoms with Gasteiger partial charge in [-0.2, -0.15) is 4.98 Å². The highest BCUT2D eigenvalue weighted by Crippen LogP contribution is 2.23. The summed E-state index contributed by atoms with van der Waals surface area (Å²) in [5.41, 5.74) is 0.689. The molecule has 5 heteroatoms. The van der Waals surface area contributed by atoms with Crippen LogP contribution in [-0.2, 0) is 6.54 Å². The zero-order valence-electron chi connectivity index (χ0n) is 9.68. The summed E-state index contributed by atoms with van der Waals surface area (Å²) in [4.78, 5) is 20.4. The Hall–Kier alpha value is -1.91. The van der Waals surface area contributed by atoms with Gasteiger partial charge in [-0.15, -0.1) is 0 Å². The van der Waals surface area contributed by atoms with Crippen molar-refractivity contribution in [1.29, 1.82) is 0 Å². The lowest BCUT2D eigenvalue weighted by Gasteiger charge is -2.08. The summed E-state index contributed by atoms with van der Waals surface area (Å²) in [6.07, 6.45) is 4.12. The lowest BCUT2D eigenvalue weighted by Crippen LogP contribution is -2.19. The molecule has 1 saturated carbocycles. The molecule has 5 nitrogen and oxygen atoms in total. The molecule has 0 spiro atoms. The molecule has 0 amide bonds. The van der Waals surface area contributed by atoms with E-state index in [9.17, 15) is 4.79 Å². The summed E-state index contributed by atoms with van der Waals surface area (Å²) in [5, 5.41) is 4.14. The number of aryl methyl sites for hydroxylation is 1. The van der Waals surface area contributed by atoms with Gasteiger partial charge >= 0.3 is 0 Å². The van der Waals surface area contributed by atoms with Crippen LogP contribution in [-0.4, -0.2) is 20.6 Å². The van der Waals surface area contributed by atoms with Crippen LogP contribution in [0.5, 0.6) is 0 Å². The summed E-state index contributed by atoms with van der Waals surface area (Å²) in [5.74, 6) is 0.618. The number of anilines is 1. The van der Waals surface area contributed by atoms with Crippen molar-refractivity contribution in [2.24, 2.45) is 0 Å². The van der Waals surface area contributed by atoms with E-state index in [0.29, 0.717) is 24.2 Å². The Morgan fingerprint density at radius 3 is 3.00 bits per heavy atom. The topological polar surface area (TPSA) is 59.8 Å². The van der Waals surface area contributed by atoms with Crippen molar-refractivity contribution in [3.63, 3.8) is 0 Å². The quantitative estimate of drug-likeness (QED) is 0.865. The van der Waals surface area contributed by atoms with E-state index in [-0.39, 0.29) is 5.56 Å². The number of hydrogen-bond donors (Lipinski definition) is 1. The second kappa shape index (κ2) is 3.84. The maximum Gasteiger partial charge on any atom is 0.252 e. The van der Waals surface area contributed by atoms with Crippen LogP contribution in [0.2, 0.25) is 0 Å². The first-order chi connectivity index (χ1) is 8.28. The molecule has 0 atom stereocenters. The van der Waals surface area contributed by atoms with E-state index in [0.717, 1.165) is 5.39 Å². The summed E-state index contributed by atoms with van der Waals surface area (Å²) >= 11 is 0. The minimum absolute atomic E-state index is 0.0175. The number of nitrogens with zero attached hydrogens (tertiary/aromatic N) is 3. The van der Waals surface area contributed by atoms with Gasteiger partial charge in [-0.05, 0) is 25.8 Å². The van der Waals surface area contributed by atoms with Gasteiger partial charge in [0.15, 0.2) is 0 Å². The fourth-order valence-corrected chi connectivity index (χ4v) is 1.86. The number of hydrogen-bond acceptors (Lipinski definition) is 4. The molecule has 2 aromatic rings. The molecular weight excluding hydrogens is 216 g/mol. The summed E-state index contributed by atoms with van der Waals surface area (Å²) in [6, 6.07) is 3.84. The van der Waals surface area contributed by atoms with Crippen LogP contribution in [0.15, 0.2) is 23.1 Å². The Balaban J connectivity index is 2.14. The van der Waals surface area contributed by atoms with Crippen LogP contribution >= 0.6 is 0 Å². The SMILES string of the molecule is CCn1c(=O)ccc2cnc(NC3CC3)nc21. The molecule has 0 unspecified atom stereocenters. The third-order valence-electron chi connectivity index (χ3n) is 2.95. The number of fused-ring (bicyclic) bond motifs is 1. The number of rotatable bonds is 3. The summed E-state index contributed by atoms with van der Waals surface area (Å²) in [7, 11) is 0. The van der Waals surface area contributed by atoms with Gasteiger partial charge in [0.25, 0.3) is 5.56 Å². The Labute approximate surface area is 98.5 Å². The Kier molecular flexibility index (Phi) is 2.31. The average molecular weight is 230 g/mol. The zero-order valence-corrected chi connectivity index (χ0v) is 9.68. The van der Waals surface area contributed by atoms with Crippen LogP contribution in [0.1, 0.15) is 19.8 Å². The van der Waals surface area contributed by atoms with Crippen LogP contribution < -0.4 is 10.9 Å². The molecule has 1 fully saturated rings. The van der Waals surface area contributed by atoms with Crippen LogP contribution in [0.4, 0.5) is 5.95 Å². The number of pyridine rings is 1. The van der Waals surface area contributed by atoms with Crippen molar-refractivity contribution in [2.75, 3.05) is 5.32 Å². The van der Waals surface area contributed by atoms with Gasteiger partial charge in [0.2, 0.25) is 5.95 Å². The Morgan fingerprint density at radius 1 is 1.47 bits per heavy atom. The molecule has 88 valence electrons. The monoisotopic (exact) mass is 230 g/mol. The molecule has 2 aromatic heterocycles. The molecule has 2 heterocycles. The molecule has 0 radical (unpaired) electrons. The molecule has 0 aliphatic heterocycles. The molecule has 1 aliphatic carbocycles. The van der Waals surface area contributed by atoms with Gasteiger partial charge in [-0.25, -0.2) is 4.98 Å². The van der Waals surface area contributed by atoms with Gasteiger partial charge in [0.05, 0.1) is 0 Å². The number of aromatic nitrogens is 3. The lowest BCUT2D eigenvalue weighted by atomic mass is 10.3. The van der Waals surface area contributed by atoms with E-state index in [4.69, 9.17) is 0 Å². The highest BCUT2D eigenvalue weighted by Gasteiger charge is 2.22. The van der Waals surface area contributed by atoms with Crippen LogP contribution in [0, 0.1) is 0 Å². The van der Waals surface area contributed by atoms with Gasteiger partial charge in [-0.3, -0.25) is 9.36 Å². The smallest absolute Gasteiger partial charge is 0.252 e. The first kappa shape index (κ1) is 10.3. The second-order valence-electron chi connectivity index (χ2n) is 4.31. The van der Waals surface area contributed by atoms with Gasteiger partial charge < -0.3 is 5.32 Å².